The van der Waals surface area contributed by atoms with Crippen molar-refractivity contribution in [1.82, 2.24) is 9.97 Å². The molecule has 1 aromatic heterocycles. The fourth-order valence-electron chi connectivity index (χ4n) is 1.33. The summed E-state index contributed by atoms with van der Waals surface area (Å²) in [5, 5.41) is 18.0. The molecule has 0 aliphatic heterocycles. The summed E-state index contributed by atoms with van der Waals surface area (Å²) in [6, 6.07) is 0. The molecule has 0 amide bonds. The highest BCUT2D eigenvalue weighted by molar-refractivity contribution is 5.88. The third kappa shape index (κ3) is 3.67. The predicted octanol–water partition coefficient (Wildman–Crippen LogP) is 0.690. The maximum absolute atomic E-state index is 10.8. The van der Waals surface area contributed by atoms with Gasteiger partial charge in [-0.05, 0) is 20.3 Å². The Morgan fingerprint density at radius 2 is 2.24 bits per heavy atom. The predicted molar refractivity (Wildman–Crippen MR) is 63.3 cm³/mol. The van der Waals surface area contributed by atoms with Crippen molar-refractivity contribution < 1.29 is 15.0 Å². The molecular weight excluding hydrogens is 222 g/mol. The molecule has 0 spiro atoms. The number of aliphatic hydroxyl groups is 1. The Morgan fingerprint density at radius 1 is 1.59 bits per heavy atom. The molecule has 0 aliphatic carbocycles. The molecule has 94 valence electrons. The number of anilines is 1. The molecule has 1 atom stereocenters. The first-order valence-electron chi connectivity index (χ1n) is 5.38. The van der Waals surface area contributed by atoms with Crippen LogP contribution in [0, 0.1) is 6.92 Å². The van der Waals surface area contributed by atoms with Crippen molar-refractivity contribution in [2.24, 2.45) is 0 Å². The van der Waals surface area contributed by atoms with E-state index < -0.39 is 5.97 Å². The lowest BCUT2D eigenvalue weighted by Crippen LogP contribution is -2.24. The van der Waals surface area contributed by atoms with Crippen LogP contribution in [0.25, 0.3) is 0 Å². The normalized spacial score (nSPS) is 12.2. The highest BCUT2D eigenvalue weighted by Crippen LogP contribution is 2.10. The van der Waals surface area contributed by atoms with Crippen LogP contribution >= 0.6 is 0 Å². The van der Waals surface area contributed by atoms with Crippen LogP contribution in [0.1, 0.15) is 29.4 Å². The molecule has 0 aromatic carbocycles. The number of hydrogen-bond donors (Lipinski definition) is 2. The van der Waals surface area contributed by atoms with E-state index in [1.165, 1.54) is 6.20 Å². The van der Waals surface area contributed by atoms with Crippen molar-refractivity contribution in [2.75, 3.05) is 18.5 Å². The van der Waals surface area contributed by atoms with Crippen molar-refractivity contribution in [3.05, 3.63) is 17.5 Å². The minimum absolute atomic E-state index is 0.109. The zero-order valence-corrected chi connectivity index (χ0v) is 10.2. The molecule has 6 heteroatoms. The van der Waals surface area contributed by atoms with E-state index in [1.54, 1.807) is 25.8 Å². The number of nitrogens with zero attached hydrogens (tertiary/aromatic N) is 3. The van der Waals surface area contributed by atoms with Crippen LogP contribution in [0.2, 0.25) is 0 Å². The van der Waals surface area contributed by atoms with Gasteiger partial charge in [-0.25, -0.2) is 14.8 Å². The van der Waals surface area contributed by atoms with E-state index in [4.69, 9.17) is 5.11 Å². The first-order valence-corrected chi connectivity index (χ1v) is 5.38. The number of carbonyl (C=O) groups is 1. The van der Waals surface area contributed by atoms with Crippen molar-refractivity contribution >= 4 is 11.9 Å². The number of carboxylic acids is 1. The molecule has 0 aliphatic rings. The quantitative estimate of drug-likeness (QED) is 0.786. The topological polar surface area (TPSA) is 86.5 Å². The summed E-state index contributed by atoms with van der Waals surface area (Å²) in [4.78, 5) is 20.7. The smallest absolute Gasteiger partial charge is 0.339 e. The Labute approximate surface area is 99.9 Å². The Kier molecular flexibility index (Phi) is 4.39. The summed E-state index contributed by atoms with van der Waals surface area (Å²) in [7, 11) is 1.80. The van der Waals surface area contributed by atoms with Gasteiger partial charge >= 0.3 is 5.97 Å². The van der Waals surface area contributed by atoms with Crippen molar-refractivity contribution in [3.63, 3.8) is 0 Å². The molecule has 0 saturated heterocycles. The summed E-state index contributed by atoms with van der Waals surface area (Å²) in [5.41, 5.74) is 0.545. The van der Waals surface area contributed by atoms with Crippen molar-refractivity contribution in [2.45, 2.75) is 26.4 Å². The minimum Gasteiger partial charge on any atom is -0.478 e. The van der Waals surface area contributed by atoms with Crippen LogP contribution in [0.4, 0.5) is 5.95 Å². The Hall–Kier alpha value is -1.69. The first-order chi connectivity index (χ1) is 7.91. The molecule has 1 rings (SSSR count). The number of aromatic carboxylic acids is 1. The van der Waals surface area contributed by atoms with Crippen molar-refractivity contribution in [1.29, 1.82) is 0 Å². The zero-order valence-electron chi connectivity index (χ0n) is 10.2. The molecule has 0 radical (unpaired) electrons. The number of aromatic nitrogens is 2. The van der Waals surface area contributed by atoms with Gasteiger partial charge in [0.1, 0.15) is 0 Å². The average Bonchev–Trinajstić information content (AvgIpc) is 2.25. The maximum Gasteiger partial charge on any atom is 0.339 e. The highest BCUT2D eigenvalue weighted by Gasteiger charge is 2.12. The van der Waals surface area contributed by atoms with Crippen LogP contribution in [0.5, 0.6) is 0 Å². The largest absolute Gasteiger partial charge is 0.478 e. The second kappa shape index (κ2) is 5.58. The second-order valence-corrected chi connectivity index (χ2v) is 4.03. The number of aliphatic hydroxyl groups excluding tert-OH is 1. The van der Waals surface area contributed by atoms with Gasteiger partial charge < -0.3 is 15.1 Å². The van der Waals surface area contributed by atoms with E-state index >= 15 is 0 Å². The Bertz CT molecular complexity index is 407. The highest BCUT2D eigenvalue weighted by atomic mass is 16.4. The van der Waals surface area contributed by atoms with E-state index in [-0.39, 0.29) is 11.7 Å². The van der Waals surface area contributed by atoms with E-state index in [1.807, 2.05) is 0 Å². The summed E-state index contributed by atoms with van der Waals surface area (Å²) < 4.78 is 0. The second-order valence-electron chi connectivity index (χ2n) is 4.03. The molecule has 0 bridgehead atoms. The number of rotatable bonds is 5. The fourth-order valence-corrected chi connectivity index (χ4v) is 1.33. The lowest BCUT2D eigenvalue weighted by molar-refractivity contribution is 0.0695. The maximum atomic E-state index is 10.8. The number of hydrogen-bond acceptors (Lipinski definition) is 5. The SMILES string of the molecule is Cc1nc(N(C)CCC(C)O)ncc1C(=O)O. The van der Waals surface area contributed by atoms with E-state index in [0.717, 1.165) is 0 Å². The Morgan fingerprint density at radius 3 is 2.71 bits per heavy atom. The standard InChI is InChI=1S/C11H17N3O3/c1-7(15)4-5-14(3)11-12-6-9(10(16)17)8(2)13-11/h6-7,15H,4-5H2,1-3H3,(H,16,17). The third-order valence-electron chi connectivity index (χ3n) is 2.42. The third-order valence-corrected chi connectivity index (χ3v) is 2.42. The van der Waals surface area contributed by atoms with Gasteiger partial charge in [0.2, 0.25) is 5.95 Å². The molecule has 0 saturated carbocycles. The van der Waals surface area contributed by atoms with E-state index in [0.29, 0.717) is 24.6 Å². The average molecular weight is 239 g/mol. The molecule has 1 unspecified atom stereocenters. The van der Waals surface area contributed by atoms with Crippen molar-refractivity contribution in [3.8, 4) is 0 Å². The van der Waals surface area contributed by atoms with Gasteiger partial charge in [-0.1, -0.05) is 0 Å². The van der Waals surface area contributed by atoms with E-state index in [2.05, 4.69) is 9.97 Å². The fraction of sp³-hybridized carbons (Fsp3) is 0.545. The lowest BCUT2D eigenvalue weighted by atomic mass is 10.2. The molecule has 1 aromatic rings. The van der Waals surface area contributed by atoms with Gasteiger partial charge in [-0.3, -0.25) is 0 Å². The molecule has 6 nitrogen and oxygen atoms in total. The van der Waals surface area contributed by atoms with Gasteiger partial charge in [0, 0.05) is 19.8 Å². The monoisotopic (exact) mass is 239 g/mol. The summed E-state index contributed by atoms with van der Waals surface area (Å²) in [6.07, 6.45) is 1.54. The minimum atomic E-state index is -1.03. The van der Waals surface area contributed by atoms with Gasteiger partial charge in [-0.15, -0.1) is 0 Å². The number of aryl methyl sites for hydroxylation is 1. The number of carboxylic acid groups (broad SMARTS) is 1. The van der Waals surface area contributed by atoms with Crippen LogP contribution in [-0.4, -0.2) is 45.8 Å². The van der Waals surface area contributed by atoms with Crippen LogP contribution in [-0.2, 0) is 0 Å². The van der Waals surface area contributed by atoms with Gasteiger partial charge in [0.05, 0.1) is 17.4 Å². The summed E-state index contributed by atoms with van der Waals surface area (Å²) in [5.74, 6) is -0.561. The van der Waals surface area contributed by atoms with Crippen LogP contribution in [0.15, 0.2) is 6.20 Å². The van der Waals surface area contributed by atoms with Gasteiger partial charge in [0.25, 0.3) is 0 Å². The molecule has 17 heavy (non-hydrogen) atoms. The molecule has 1 heterocycles. The lowest BCUT2D eigenvalue weighted by Gasteiger charge is -2.18. The molecule has 0 fully saturated rings. The van der Waals surface area contributed by atoms with Gasteiger partial charge in [-0.2, -0.15) is 0 Å². The molecular formula is C11H17N3O3. The van der Waals surface area contributed by atoms with Crippen LogP contribution in [0.3, 0.4) is 0 Å². The summed E-state index contributed by atoms with van der Waals surface area (Å²) in [6.45, 7) is 3.97. The Balaban J connectivity index is 2.79. The van der Waals surface area contributed by atoms with Gasteiger partial charge in [0.15, 0.2) is 0 Å². The van der Waals surface area contributed by atoms with E-state index in [9.17, 15) is 9.90 Å². The molecule has 2 N–H and O–H groups in total. The summed E-state index contributed by atoms with van der Waals surface area (Å²) >= 11 is 0. The first kappa shape index (κ1) is 13.4. The zero-order chi connectivity index (χ0) is 13.0. The van der Waals surface area contributed by atoms with Crippen LogP contribution < -0.4 is 4.90 Å².